The van der Waals surface area contributed by atoms with Crippen LogP contribution in [0.1, 0.15) is 39.2 Å². The third-order valence-corrected chi connectivity index (χ3v) is 7.85. The van der Waals surface area contributed by atoms with Crippen LogP contribution in [0, 0.1) is 27.2 Å². The SMILES string of the molecule is COc1cc(F)c(-c2ccc(F)cc2)c2c1N(c1ccccc1[N+](=O)[O-])CC21CCN(C(=O)C(C)(C)C)CC1. The fourth-order valence-corrected chi connectivity index (χ4v) is 5.99. The van der Waals surface area contributed by atoms with E-state index in [0.29, 0.717) is 60.5 Å². The third-order valence-electron chi connectivity index (χ3n) is 7.85. The number of rotatable bonds is 4. The molecule has 0 radical (unpaired) electrons. The van der Waals surface area contributed by atoms with Gasteiger partial charge >= 0.3 is 0 Å². The average Bonchev–Trinajstić information content (AvgIpc) is 3.22. The van der Waals surface area contributed by atoms with E-state index in [1.165, 1.54) is 31.4 Å². The number of carbonyl (C=O) groups excluding carboxylic acids is 1. The predicted molar refractivity (Wildman–Crippen MR) is 145 cm³/mol. The van der Waals surface area contributed by atoms with Crippen LogP contribution in [-0.4, -0.2) is 42.5 Å². The van der Waals surface area contributed by atoms with Gasteiger partial charge in [0.15, 0.2) is 0 Å². The van der Waals surface area contributed by atoms with Gasteiger partial charge in [-0.15, -0.1) is 0 Å². The molecule has 0 aromatic heterocycles. The molecule has 204 valence electrons. The zero-order valence-electron chi connectivity index (χ0n) is 22.5. The normalized spacial score (nSPS) is 16.4. The molecule has 0 aliphatic carbocycles. The van der Waals surface area contributed by atoms with Gasteiger partial charge in [-0.1, -0.05) is 45.0 Å². The van der Waals surface area contributed by atoms with E-state index in [0.717, 1.165) is 0 Å². The van der Waals surface area contributed by atoms with Gasteiger partial charge in [0.2, 0.25) is 5.91 Å². The number of fused-ring (bicyclic) bond motifs is 2. The molecule has 1 saturated heterocycles. The summed E-state index contributed by atoms with van der Waals surface area (Å²) in [6.07, 6.45) is 1.06. The molecule has 1 amide bonds. The lowest BCUT2D eigenvalue weighted by Gasteiger charge is -2.42. The van der Waals surface area contributed by atoms with Gasteiger partial charge < -0.3 is 14.5 Å². The highest BCUT2D eigenvalue weighted by Crippen LogP contribution is 2.58. The first-order valence-corrected chi connectivity index (χ1v) is 12.9. The summed E-state index contributed by atoms with van der Waals surface area (Å²) >= 11 is 0. The van der Waals surface area contributed by atoms with E-state index in [2.05, 4.69) is 0 Å². The minimum atomic E-state index is -0.632. The van der Waals surface area contributed by atoms with E-state index in [1.54, 1.807) is 30.3 Å². The lowest BCUT2D eigenvalue weighted by Crippen LogP contribution is -2.49. The van der Waals surface area contributed by atoms with Gasteiger partial charge in [0, 0.05) is 48.2 Å². The van der Waals surface area contributed by atoms with Crippen molar-refractivity contribution in [2.24, 2.45) is 5.41 Å². The largest absolute Gasteiger partial charge is 0.494 e. The summed E-state index contributed by atoms with van der Waals surface area (Å²) in [4.78, 5) is 28.3. The smallest absolute Gasteiger partial charge is 0.292 e. The monoisotopic (exact) mass is 535 g/mol. The van der Waals surface area contributed by atoms with Crippen LogP contribution in [0.15, 0.2) is 54.6 Å². The number of amides is 1. The molecule has 0 bridgehead atoms. The van der Waals surface area contributed by atoms with E-state index in [4.69, 9.17) is 4.74 Å². The average molecular weight is 536 g/mol. The number of hydrogen-bond acceptors (Lipinski definition) is 5. The van der Waals surface area contributed by atoms with E-state index in [-0.39, 0.29) is 17.3 Å². The molecule has 3 aromatic carbocycles. The second kappa shape index (κ2) is 9.63. The second-order valence-corrected chi connectivity index (χ2v) is 11.3. The van der Waals surface area contributed by atoms with Crippen molar-refractivity contribution >= 4 is 23.0 Å². The van der Waals surface area contributed by atoms with Gasteiger partial charge in [-0.05, 0) is 42.2 Å². The molecule has 1 spiro atoms. The Morgan fingerprint density at radius 3 is 2.28 bits per heavy atom. The minimum absolute atomic E-state index is 0.0432. The molecular formula is C30H31F2N3O4. The van der Waals surface area contributed by atoms with Gasteiger partial charge in [0.25, 0.3) is 5.69 Å². The molecule has 2 aliphatic rings. The Morgan fingerprint density at radius 1 is 1.05 bits per heavy atom. The number of piperidine rings is 1. The summed E-state index contributed by atoms with van der Waals surface area (Å²) in [5.74, 6) is -0.651. The number of nitrogens with zero attached hydrogens (tertiary/aromatic N) is 3. The number of halogens is 2. The number of carbonyl (C=O) groups is 1. The number of methoxy groups -OCH3 is 1. The van der Waals surface area contributed by atoms with Crippen LogP contribution >= 0.6 is 0 Å². The molecule has 9 heteroatoms. The number of nitro benzene ring substituents is 1. The molecule has 1 fully saturated rings. The van der Waals surface area contributed by atoms with Crippen molar-refractivity contribution in [3.05, 3.63) is 81.9 Å². The number of nitro groups is 1. The summed E-state index contributed by atoms with van der Waals surface area (Å²) in [5.41, 5.74) is 1.19. The third kappa shape index (κ3) is 4.49. The summed E-state index contributed by atoms with van der Waals surface area (Å²) in [5, 5.41) is 12.0. The lowest BCUT2D eigenvalue weighted by atomic mass is 9.71. The van der Waals surface area contributed by atoms with Crippen molar-refractivity contribution in [3.63, 3.8) is 0 Å². The summed E-state index contributed by atoms with van der Waals surface area (Å²) in [7, 11) is 1.44. The van der Waals surface area contributed by atoms with Gasteiger partial charge in [-0.25, -0.2) is 8.78 Å². The van der Waals surface area contributed by atoms with E-state index < -0.39 is 27.4 Å². The maximum absolute atomic E-state index is 15.9. The fraction of sp³-hybridized carbons (Fsp3) is 0.367. The Hall–Kier alpha value is -4.01. The summed E-state index contributed by atoms with van der Waals surface area (Å²) < 4.78 is 35.5. The summed E-state index contributed by atoms with van der Waals surface area (Å²) in [6, 6.07) is 13.4. The molecule has 2 heterocycles. The highest BCUT2D eigenvalue weighted by Gasteiger charge is 2.50. The molecule has 0 unspecified atom stereocenters. The molecule has 39 heavy (non-hydrogen) atoms. The Kier molecular flexibility index (Phi) is 6.56. The van der Waals surface area contributed by atoms with Crippen molar-refractivity contribution in [3.8, 4) is 16.9 Å². The Bertz CT molecular complexity index is 1440. The molecular weight excluding hydrogens is 504 g/mol. The number of benzene rings is 3. The molecule has 0 atom stereocenters. The highest BCUT2D eigenvalue weighted by atomic mass is 19.1. The van der Waals surface area contributed by atoms with Crippen molar-refractivity contribution in [2.75, 3.05) is 31.6 Å². The van der Waals surface area contributed by atoms with Crippen LogP contribution in [0.3, 0.4) is 0 Å². The van der Waals surface area contributed by atoms with Crippen molar-refractivity contribution < 1.29 is 23.2 Å². The van der Waals surface area contributed by atoms with Crippen LogP contribution < -0.4 is 9.64 Å². The number of anilines is 2. The zero-order chi connectivity index (χ0) is 28.1. The van der Waals surface area contributed by atoms with Gasteiger partial charge in [0.1, 0.15) is 23.1 Å². The Labute approximate surface area is 226 Å². The van der Waals surface area contributed by atoms with Crippen molar-refractivity contribution in [1.82, 2.24) is 4.90 Å². The van der Waals surface area contributed by atoms with Crippen molar-refractivity contribution in [2.45, 2.75) is 39.0 Å². The van der Waals surface area contributed by atoms with Crippen LogP contribution in [0.2, 0.25) is 0 Å². The predicted octanol–water partition coefficient (Wildman–Crippen LogP) is 6.61. The Balaban J connectivity index is 1.73. The number of hydrogen-bond donors (Lipinski definition) is 0. The van der Waals surface area contributed by atoms with Gasteiger partial charge in [-0.2, -0.15) is 0 Å². The first kappa shape index (κ1) is 26.6. The maximum atomic E-state index is 15.9. The van der Waals surface area contributed by atoms with Crippen LogP contribution in [-0.2, 0) is 10.2 Å². The van der Waals surface area contributed by atoms with E-state index in [9.17, 15) is 19.3 Å². The van der Waals surface area contributed by atoms with E-state index in [1.807, 2.05) is 30.6 Å². The quantitative estimate of drug-likeness (QED) is 0.278. The lowest BCUT2D eigenvalue weighted by molar-refractivity contribution is -0.384. The highest BCUT2D eigenvalue weighted by molar-refractivity contribution is 5.89. The zero-order valence-corrected chi connectivity index (χ0v) is 22.5. The van der Waals surface area contributed by atoms with Gasteiger partial charge in [0.05, 0.1) is 17.7 Å². The minimum Gasteiger partial charge on any atom is -0.494 e. The summed E-state index contributed by atoms with van der Waals surface area (Å²) in [6.45, 7) is 6.91. The molecule has 0 saturated carbocycles. The molecule has 3 aromatic rings. The topological polar surface area (TPSA) is 75.9 Å². The van der Waals surface area contributed by atoms with Crippen molar-refractivity contribution in [1.29, 1.82) is 0 Å². The number of likely N-dealkylation sites (tertiary alicyclic amines) is 1. The standard InChI is InChI=1S/C30H31F2N3O4/c1-29(2,3)28(36)33-15-13-30(14-16-33)18-34(22-7-5-6-8-23(22)35(37)38)27-24(39-4)17-21(32)25(26(27)30)19-9-11-20(31)12-10-19/h5-12,17H,13-16,18H2,1-4H3. The number of para-hydroxylation sites is 2. The molecule has 5 rings (SSSR count). The maximum Gasteiger partial charge on any atom is 0.292 e. The van der Waals surface area contributed by atoms with Crippen LogP contribution in [0.4, 0.5) is 25.8 Å². The molecule has 2 aliphatic heterocycles. The second-order valence-electron chi connectivity index (χ2n) is 11.3. The first-order chi connectivity index (χ1) is 18.5. The van der Waals surface area contributed by atoms with Crippen LogP contribution in [0.25, 0.3) is 11.1 Å². The van der Waals surface area contributed by atoms with Gasteiger partial charge in [-0.3, -0.25) is 14.9 Å². The van der Waals surface area contributed by atoms with Crippen LogP contribution in [0.5, 0.6) is 5.75 Å². The van der Waals surface area contributed by atoms with E-state index >= 15 is 4.39 Å². The Morgan fingerprint density at radius 2 is 1.69 bits per heavy atom. The fourth-order valence-electron chi connectivity index (χ4n) is 5.99. The first-order valence-electron chi connectivity index (χ1n) is 12.9. The number of ether oxygens (including phenoxy) is 1. The molecule has 7 nitrogen and oxygen atoms in total. The molecule has 0 N–H and O–H groups in total.